The summed E-state index contributed by atoms with van der Waals surface area (Å²) < 4.78 is 30.5. The Labute approximate surface area is 884 Å². The number of para-hydroxylation sites is 24. The molecule has 22 aromatic carbocycles. The number of hydrogen-bond donors (Lipinski definition) is 0. The second-order valence-electron chi connectivity index (χ2n) is 36.6. The molecular formula is C132H100N12P6. The van der Waals surface area contributed by atoms with Crippen LogP contribution >= 0.6 is 49.3 Å². The van der Waals surface area contributed by atoms with E-state index in [1.807, 2.05) is 0 Å². The van der Waals surface area contributed by atoms with Crippen LogP contribution in [0.15, 0.2) is 607 Å². The summed E-state index contributed by atoms with van der Waals surface area (Å²) in [7, 11) is -5.94. The Morgan fingerprint density at radius 1 is 0.0867 bits per heavy atom. The lowest BCUT2D eigenvalue weighted by molar-refractivity contribution is 1.44. The van der Waals surface area contributed by atoms with Crippen LogP contribution in [0.2, 0.25) is 0 Å². The van der Waals surface area contributed by atoms with Gasteiger partial charge < -0.3 is 0 Å². The zero-order chi connectivity index (χ0) is 99.6. The maximum atomic E-state index is 2.55. The molecule has 0 saturated carbocycles. The normalized spacial score (nSPS) is 14.2. The van der Waals surface area contributed by atoms with E-state index in [1.165, 1.54) is 179 Å². The highest BCUT2D eigenvalue weighted by Gasteiger charge is 2.48. The van der Waals surface area contributed by atoms with Gasteiger partial charge in [0.2, 0.25) is 0 Å². The van der Waals surface area contributed by atoms with E-state index in [4.69, 9.17) is 0 Å². The molecule has 0 aromatic heterocycles. The third-order valence-electron chi connectivity index (χ3n) is 27.4. The van der Waals surface area contributed by atoms with Crippen molar-refractivity contribution in [3.8, 4) is 11.1 Å². The maximum absolute atomic E-state index is 2.55. The Morgan fingerprint density at radius 2 is 0.193 bits per heavy atom. The number of rotatable bonds is 19. The minimum atomic E-state index is -1.03. The van der Waals surface area contributed by atoms with Crippen LogP contribution < -0.4 is 87.9 Å². The fraction of sp³-hybridized carbons (Fsp3) is 0. The summed E-state index contributed by atoms with van der Waals surface area (Å²) in [5.74, 6) is 0. The van der Waals surface area contributed by atoms with E-state index in [2.05, 4.69) is 663 Å². The lowest BCUT2D eigenvalue weighted by atomic mass is 10.1. The van der Waals surface area contributed by atoms with Crippen molar-refractivity contribution < 1.29 is 0 Å². The topological polar surface area (TPSA) is 38.9 Å². The summed E-state index contributed by atoms with van der Waals surface area (Å²) in [5, 5.41) is 7.76. The van der Waals surface area contributed by atoms with Gasteiger partial charge in [0.15, 0.2) is 0 Å². The molecule has 18 heteroatoms. The zero-order valence-electron chi connectivity index (χ0n) is 81.8. The van der Waals surface area contributed by atoms with Crippen LogP contribution in [0.4, 0.5) is 136 Å². The van der Waals surface area contributed by atoms with Crippen molar-refractivity contribution in [2.75, 3.05) is 56.0 Å². The summed E-state index contributed by atoms with van der Waals surface area (Å²) in [6.45, 7) is 0. The average molecular weight is 2040 g/mol. The van der Waals surface area contributed by atoms with Crippen molar-refractivity contribution in [2.24, 2.45) is 0 Å². The first-order chi connectivity index (χ1) is 74.6. The van der Waals surface area contributed by atoms with E-state index in [0.29, 0.717) is 0 Å². The van der Waals surface area contributed by atoms with Crippen molar-refractivity contribution in [1.82, 2.24) is 0 Å². The van der Waals surface area contributed by atoms with Crippen LogP contribution in [0.5, 0.6) is 0 Å². The molecule has 0 amide bonds. The smallest absolute Gasteiger partial charge is 0.138 e. The van der Waals surface area contributed by atoms with Crippen molar-refractivity contribution in [3.63, 3.8) is 0 Å². The van der Waals surface area contributed by atoms with Gasteiger partial charge in [0, 0.05) is 100 Å². The van der Waals surface area contributed by atoms with Gasteiger partial charge in [0.05, 0.1) is 68.2 Å². The van der Waals surface area contributed by atoms with E-state index in [0.717, 1.165) is 0 Å². The minimum absolute atomic E-state index is 0.958. The Kier molecular flexibility index (Phi) is 25.8. The van der Waals surface area contributed by atoms with Gasteiger partial charge in [-0.25, -0.2) is 0 Å². The first-order valence-corrected chi connectivity index (χ1v) is 58.0. The molecule has 0 saturated heterocycles. The number of fused-ring (bicyclic) bond motifs is 6. The summed E-state index contributed by atoms with van der Waals surface area (Å²) >= 11 is 0. The third kappa shape index (κ3) is 17.4. The van der Waals surface area contributed by atoms with Gasteiger partial charge in [0.25, 0.3) is 0 Å². The SMILES string of the molecule is c1ccc(N2c3ccccc3N(c3ccccc3)P2c2ccc(-c3ccc(P4N(c5ccccc5)c5ccccc5N4c4ccccc4)cc3)cc2)cc1.c1ccc(N2c3ccccc3N(c3ccccc3)P2c2ccc(P3N(c4ccccc4)c4ccccc4N3c3ccccc3)cc2)cc1.c1ccc(N2c3ccccc3N(c3ccccc3)P2c2cccc(P3N(c4ccccc4)c4ccccc4N3c3ccccc3)c2)cc1. The molecule has 0 fully saturated rings. The summed E-state index contributed by atoms with van der Waals surface area (Å²) in [4.78, 5) is 0. The highest BCUT2D eigenvalue weighted by molar-refractivity contribution is 7.73. The van der Waals surface area contributed by atoms with Crippen molar-refractivity contribution in [1.29, 1.82) is 0 Å². The van der Waals surface area contributed by atoms with Gasteiger partial charge in [-0.15, -0.1) is 0 Å². The standard InChI is InChI=1S/C48H36N4P2.2C42H32N4P2/c1-5-17-39(18-6-1)49-45-25-13-14-26-46(45)50(40-19-7-2-8-20-40)53(49)43-33-29-37(30-34-43)38-31-35-44(36-32-38)54-51(41-21-9-3-10-22-41)47-27-15-16-28-48(47)52(54)42-23-11-4-12-24-42;1-5-18-33(19-6-1)43-39-28-13-14-29-40(39)44(34-20-7-2-8-21-34)47(43)37-26-17-27-38(32-37)48-45(35-22-9-3-10-23-35)41-30-15-16-31-42(41)46(48)36-24-11-4-12-25-36;1-5-17-33(18-6-1)43-39-25-13-14-26-40(39)44(34-19-7-2-8-20-34)47(43)37-29-31-38(32-30-37)48-45(35-21-9-3-10-22-35)41-27-15-16-28-42(41)46(48)36-23-11-4-12-24-36/h1-36H;2*1-32H. The molecule has 6 aliphatic rings. The molecule has 22 aromatic rings. The summed E-state index contributed by atoms with van der Waals surface area (Å²) in [6, 6.07) is 220. The Morgan fingerprint density at radius 3 is 0.320 bits per heavy atom. The number of nitrogens with zero attached hydrogens (tertiary/aromatic N) is 12. The van der Waals surface area contributed by atoms with Crippen LogP contribution in [0.3, 0.4) is 0 Å². The second-order valence-corrected chi connectivity index (χ2v) is 47.9. The quantitative estimate of drug-likeness (QED) is 0.0724. The molecule has 0 radical (unpaired) electrons. The highest BCUT2D eigenvalue weighted by atomic mass is 31.2. The first-order valence-electron chi connectivity index (χ1n) is 50.5. The van der Waals surface area contributed by atoms with Gasteiger partial charge in [-0.2, -0.15) is 0 Å². The van der Waals surface area contributed by atoms with E-state index in [9.17, 15) is 0 Å². The van der Waals surface area contributed by atoms with E-state index >= 15 is 0 Å². The van der Waals surface area contributed by atoms with Gasteiger partial charge in [-0.1, -0.05) is 382 Å². The molecule has 0 aliphatic carbocycles. The zero-order valence-corrected chi connectivity index (χ0v) is 87.2. The molecular weight excluding hydrogens is 1940 g/mol. The fourth-order valence-corrected chi connectivity index (χ4v) is 36.2. The van der Waals surface area contributed by atoms with Crippen LogP contribution in [-0.4, -0.2) is 0 Å². The molecule has 0 atom stereocenters. The average Bonchev–Trinajstić information content (AvgIpc) is 1.61. The van der Waals surface area contributed by atoms with Gasteiger partial charge >= 0.3 is 0 Å². The van der Waals surface area contributed by atoms with Gasteiger partial charge in [-0.3, -0.25) is 56.0 Å². The predicted molar refractivity (Wildman–Crippen MR) is 646 cm³/mol. The largest absolute Gasteiger partial charge is 0.297 e. The molecule has 28 rings (SSSR count). The fourth-order valence-electron chi connectivity index (χ4n) is 20.9. The van der Waals surface area contributed by atoms with Crippen molar-refractivity contribution in [3.05, 3.63) is 607 Å². The number of hydrogen-bond acceptors (Lipinski definition) is 12. The van der Waals surface area contributed by atoms with Crippen LogP contribution in [-0.2, 0) is 0 Å². The van der Waals surface area contributed by atoms with E-state index in [-0.39, 0.29) is 0 Å². The summed E-state index contributed by atoms with van der Waals surface area (Å²) in [6.07, 6.45) is 0. The summed E-state index contributed by atoms with van der Waals surface area (Å²) in [5.41, 5.74) is 31.4. The molecule has 150 heavy (non-hydrogen) atoms. The van der Waals surface area contributed by atoms with Crippen LogP contribution in [0.25, 0.3) is 11.1 Å². The van der Waals surface area contributed by atoms with Crippen LogP contribution in [0, 0.1) is 0 Å². The highest BCUT2D eigenvalue weighted by Crippen LogP contribution is 2.72. The maximum Gasteiger partial charge on any atom is 0.138 e. The van der Waals surface area contributed by atoms with Crippen molar-refractivity contribution >= 4 is 218 Å². The monoisotopic (exact) mass is 2040 g/mol. The lowest BCUT2D eigenvalue weighted by Crippen LogP contribution is -2.27. The molecule has 12 nitrogen and oxygen atoms in total. The van der Waals surface area contributed by atoms with Crippen molar-refractivity contribution in [2.45, 2.75) is 0 Å². The molecule has 0 bridgehead atoms. The number of benzene rings is 22. The molecule has 0 unspecified atom stereocenters. The lowest BCUT2D eigenvalue weighted by Gasteiger charge is -2.35. The van der Waals surface area contributed by atoms with Gasteiger partial charge in [-0.05, 0) is 236 Å². The Hall–Kier alpha value is -17.0. The molecule has 0 N–H and O–H groups in total. The van der Waals surface area contributed by atoms with Crippen LogP contribution in [0.1, 0.15) is 0 Å². The van der Waals surface area contributed by atoms with Gasteiger partial charge in [0.1, 0.15) is 49.3 Å². The number of anilines is 24. The third-order valence-corrected chi connectivity index (χ3v) is 41.9. The Balaban J connectivity index is 0.000000114. The second kappa shape index (κ2) is 41.7. The minimum Gasteiger partial charge on any atom is -0.297 e. The Bertz CT molecular complexity index is 7540. The molecule has 0 spiro atoms. The van der Waals surface area contributed by atoms with E-state index < -0.39 is 49.3 Å². The first kappa shape index (κ1) is 92.8. The van der Waals surface area contributed by atoms with E-state index in [1.54, 1.807) is 0 Å². The molecule has 718 valence electrons. The molecule has 6 heterocycles. The molecule has 6 aliphatic heterocycles. The predicted octanol–water partition coefficient (Wildman–Crippen LogP) is 36.3.